The van der Waals surface area contributed by atoms with Crippen LogP contribution in [0, 0.1) is 0 Å². The Bertz CT molecular complexity index is 992. The molecule has 124 valence electrons. The van der Waals surface area contributed by atoms with Crippen LogP contribution in [0.25, 0.3) is 10.8 Å². The van der Waals surface area contributed by atoms with Crippen LogP contribution in [0.2, 0.25) is 0 Å². The summed E-state index contributed by atoms with van der Waals surface area (Å²) < 4.78 is 5.52. The van der Waals surface area contributed by atoms with Crippen molar-refractivity contribution in [3.05, 3.63) is 66.2 Å². The lowest BCUT2D eigenvalue weighted by molar-refractivity contribution is -0.122. The highest BCUT2D eigenvalue weighted by Crippen LogP contribution is 2.32. The topological polar surface area (TPSA) is 67.4 Å². The molecule has 3 aromatic carbocycles. The second kappa shape index (κ2) is 5.94. The Balaban J connectivity index is 1.63. The molecule has 2 N–H and O–H groups in total. The van der Waals surface area contributed by atoms with E-state index in [4.69, 9.17) is 4.74 Å². The lowest BCUT2D eigenvalue weighted by atomic mass is 10.0. The van der Waals surface area contributed by atoms with E-state index in [9.17, 15) is 9.59 Å². The maximum absolute atomic E-state index is 12.7. The molecule has 25 heavy (non-hydrogen) atoms. The zero-order valence-corrected chi connectivity index (χ0v) is 13.6. The largest absolute Gasteiger partial charge is 0.479 e. The smallest absolute Gasteiger partial charge is 0.265 e. The van der Waals surface area contributed by atoms with Crippen molar-refractivity contribution in [3.8, 4) is 5.75 Å². The highest BCUT2D eigenvalue weighted by molar-refractivity contribution is 6.13. The van der Waals surface area contributed by atoms with Crippen LogP contribution in [0.15, 0.2) is 60.7 Å². The first kappa shape index (κ1) is 15.2. The van der Waals surface area contributed by atoms with E-state index < -0.39 is 6.10 Å². The molecule has 0 saturated carbocycles. The summed E-state index contributed by atoms with van der Waals surface area (Å²) in [5, 5.41) is 7.56. The van der Waals surface area contributed by atoms with Gasteiger partial charge in [-0.1, -0.05) is 36.4 Å². The average Bonchev–Trinajstić information content (AvgIpc) is 2.62. The van der Waals surface area contributed by atoms with Crippen molar-refractivity contribution in [2.24, 2.45) is 0 Å². The molecule has 3 aromatic rings. The molecule has 0 aliphatic carbocycles. The summed E-state index contributed by atoms with van der Waals surface area (Å²) in [6.07, 6.45) is -0.524. The fourth-order valence-electron chi connectivity index (χ4n) is 2.91. The summed E-state index contributed by atoms with van der Waals surface area (Å²) in [6.45, 7) is 1.69. The molecule has 0 spiro atoms. The third-order valence-corrected chi connectivity index (χ3v) is 4.20. The third-order valence-electron chi connectivity index (χ3n) is 4.20. The standard InChI is InChI=1S/C20H16N2O3/c1-12-19(23)22-17-11-14(9-10-18(17)25-12)21-20(24)16-8-4-6-13-5-2-3-7-15(13)16/h2-12H,1H3,(H,21,24)(H,22,23)/t12-/m1/s1. The molecule has 1 aliphatic rings. The summed E-state index contributed by atoms with van der Waals surface area (Å²) in [6, 6.07) is 18.6. The first-order valence-electron chi connectivity index (χ1n) is 8.02. The Morgan fingerprint density at radius 2 is 1.88 bits per heavy atom. The summed E-state index contributed by atoms with van der Waals surface area (Å²) in [4.78, 5) is 24.4. The van der Waals surface area contributed by atoms with E-state index >= 15 is 0 Å². The van der Waals surface area contributed by atoms with Gasteiger partial charge in [-0.3, -0.25) is 9.59 Å². The molecule has 0 fully saturated rings. The number of carbonyl (C=O) groups is 2. The molecule has 2 amide bonds. The number of nitrogens with one attached hydrogen (secondary N) is 2. The molecule has 5 nitrogen and oxygen atoms in total. The van der Waals surface area contributed by atoms with E-state index in [0.717, 1.165) is 10.8 Å². The highest BCUT2D eigenvalue weighted by Gasteiger charge is 2.23. The van der Waals surface area contributed by atoms with Crippen molar-refractivity contribution < 1.29 is 14.3 Å². The van der Waals surface area contributed by atoms with Gasteiger partial charge in [0, 0.05) is 11.3 Å². The first-order chi connectivity index (χ1) is 12.1. The van der Waals surface area contributed by atoms with E-state index in [0.29, 0.717) is 22.7 Å². The maximum Gasteiger partial charge on any atom is 0.265 e. The van der Waals surface area contributed by atoms with Crippen molar-refractivity contribution in [3.63, 3.8) is 0 Å². The summed E-state index contributed by atoms with van der Waals surface area (Å²) >= 11 is 0. The Kier molecular flexibility index (Phi) is 3.61. The normalized spacial score (nSPS) is 15.9. The minimum atomic E-state index is -0.524. The summed E-state index contributed by atoms with van der Waals surface area (Å²) in [7, 11) is 0. The van der Waals surface area contributed by atoms with Crippen LogP contribution in [-0.2, 0) is 4.79 Å². The fraction of sp³-hybridized carbons (Fsp3) is 0.100. The van der Waals surface area contributed by atoms with Gasteiger partial charge in [-0.25, -0.2) is 0 Å². The van der Waals surface area contributed by atoms with Gasteiger partial charge in [0.1, 0.15) is 5.75 Å². The quantitative estimate of drug-likeness (QED) is 0.750. The molecule has 0 saturated heterocycles. The molecule has 0 radical (unpaired) electrons. The fourth-order valence-corrected chi connectivity index (χ4v) is 2.91. The number of hydrogen-bond acceptors (Lipinski definition) is 3. The van der Waals surface area contributed by atoms with Gasteiger partial charge in [-0.2, -0.15) is 0 Å². The Hall–Kier alpha value is -3.34. The molecular weight excluding hydrogens is 316 g/mol. The van der Waals surface area contributed by atoms with Crippen LogP contribution >= 0.6 is 0 Å². The summed E-state index contributed by atoms with van der Waals surface area (Å²) in [5.74, 6) is 0.188. The Morgan fingerprint density at radius 1 is 1.08 bits per heavy atom. The second-order valence-electron chi connectivity index (χ2n) is 5.94. The maximum atomic E-state index is 12.7. The van der Waals surface area contributed by atoms with Crippen LogP contribution in [0.1, 0.15) is 17.3 Å². The number of rotatable bonds is 2. The zero-order chi connectivity index (χ0) is 17.4. The van der Waals surface area contributed by atoms with Crippen LogP contribution in [-0.4, -0.2) is 17.9 Å². The van der Waals surface area contributed by atoms with Crippen molar-refractivity contribution in [1.29, 1.82) is 0 Å². The SMILES string of the molecule is C[C@H]1Oc2ccc(NC(=O)c3cccc4ccccc34)cc2NC1=O. The van der Waals surface area contributed by atoms with Gasteiger partial charge >= 0.3 is 0 Å². The van der Waals surface area contributed by atoms with Gasteiger partial charge in [0.05, 0.1) is 5.69 Å². The van der Waals surface area contributed by atoms with E-state index in [2.05, 4.69) is 10.6 Å². The Morgan fingerprint density at radius 3 is 2.76 bits per heavy atom. The number of anilines is 2. The van der Waals surface area contributed by atoms with Crippen LogP contribution in [0.3, 0.4) is 0 Å². The van der Waals surface area contributed by atoms with E-state index in [1.165, 1.54) is 0 Å². The number of ether oxygens (including phenoxy) is 1. The zero-order valence-electron chi connectivity index (χ0n) is 13.6. The molecule has 0 aromatic heterocycles. The van der Waals surface area contributed by atoms with E-state index in [1.54, 1.807) is 31.2 Å². The van der Waals surface area contributed by atoms with Crippen LogP contribution < -0.4 is 15.4 Å². The van der Waals surface area contributed by atoms with Gasteiger partial charge in [-0.15, -0.1) is 0 Å². The van der Waals surface area contributed by atoms with Gasteiger partial charge in [0.15, 0.2) is 6.10 Å². The Labute approximate surface area is 144 Å². The molecule has 5 heteroatoms. The van der Waals surface area contributed by atoms with Crippen LogP contribution in [0.5, 0.6) is 5.75 Å². The van der Waals surface area contributed by atoms with Gasteiger partial charge in [0.25, 0.3) is 11.8 Å². The molecule has 1 atom stereocenters. The lowest BCUT2D eigenvalue weighted by Crippen LogP contribution is -2.34. The first-order valence-corrected chi connectivity index (χ1v) is 8.02. The number of fused-ring (bicyclic) bond motifs is 2. The third kappa shape index (κ3) is 2.80. The van der Waals surface area contributed by atoms with E-state index in [-0.39, 0.29) is 11.8 Å². The number of carbonyl (C=O) groups excluding carboxylic acids is 2. The van der Waals surface area contributed by atoms with Gasteiger partial charge in [0.2, 0.25) is 0 Å². The van der Waals surface area contributed by atoms with Crippen molar-refractivity contribution in [1.82, 2.24) is 0 Å². The molecule has 0 unspecified atom stereocenters. The van der Waals surface area contributed by atoms with Gasteiger partial charge in [-0.05, 0) is 42.0 Å². The van der Waals surface area contributed by atoms with Crippen molar-refractivity contribution in [2.45, 2.75) is 13.0 Å². The number of hydrogen-bond donors (Lipinski definition) is 2. The average molecular weight is 332 g/mol. The summed E-state index contributed by atoms with van der Waals surface area (Å²) in [5.41, 5.74) is 1.75. The highest BCUT2D eigenvalue weighted by atomic mass is 16.5. The number of benzene rings is 3. The molecule has 0 bridgehead atoms. The molecule has 4 rings (SSSR count). The second-order valence-corrected chi connectivity index (χ2v) is 5.94. The van der Waals surface area contributed by atoms with Crippen molar-refractivity contribution >= 4 is 34.0 Å². The lowest BCUT2D eigenvalue weighted by Gasteiger charge is -2.23. The minimum Gasteiger partial charge on any atom is -0.479 e. The molecular formula is C20H16N2O3. The van der Waals surface area contributed by atoms with Crippen LogP contribution in [0.4, 0.5) is 11.4 Å². The minimum absolute atomic E-state index is 0.201. The van der Waals surface area contributed by atoms with E-state index in [1.807, 2.05) is 36.4 Å². The molecule has 1 heterocycles. The van der Waals surface area contributed by atoms with Gasteiger partial charge < -0.3 is 15.4 Å². The van der Waals surface area contributed by atoms with Crippen molar-refractivity contribution in [2.75, 3.05) is 10.6 Å². The monoisotopic (exact) mass is 332 g/mol. The molecule has 1 aliphatic heterocycles. The predicted octanol–water partition coefficient (Wildman–Crippen LogP) is 3.81. The number of amides is 2. The predicted molar refractivity (Wildman–Crippen MR) is 97.1 cm³/mol.